The first kappa shape index (κ1) is 68.9. The van der Waals surface area contributed by atoms with Gasteiger partial charge in [-0.2, -0.15) is 0 Å². The van der Waals surface area contributed by atoms with Gasteiger partial charge in [0.1, 0.15) is 12.2 Å². The van der Waals surface area contributed by atoms with E-state index in [-0.39, 0.29) is 36.1 Å². The van der Waals surface area contributed by atoms with Crippen LogP contribution < -0.4 is 0 Å². The molecule has 2 unspecified atom stereocenters. The third-order valence-corrected chi connectivity index (χ3v) is 14.5. The molecule has 0 aliphatic heterocycles. The van der Waals surface area contributed by atoms with Crippen LogP contribution in [0.15, 0.2) is 0 Å². The van der Waals surface area contributed by atoms with Crippen LogP contribution in [0.4, 0.5) is 0 Å². The van der Waals surface area contributed by atoms with Crippen LogP contribution in [0.2, 0.25) is 0 Å². The van der Waals surface area contributed by atoms with E-state index in [4.69, 9.17) is 18.9 Å². The molecule has 0 aromatic heterocycles. The number of esters is 4. The molecule has 8 heteroatoms. The molecule has 0 aromatic rings. The Morgan fingerprint density at radius 1 is 0.239 bits per heavy atom. The number of carbonyl (C=O) groups excluding carboxylic acids is 4. The largest absolute Gasteiger partial charge is 0.466 e. The van der Waals surface area contributed by atoms with Gasteiger partial charge in [-0.05, 0) is 77.0 Å². The zero-order chi connectivity index (χ0) is 51.8. The van der Waals surface area contributed by atoms with Crippen LogP contribution in [0, 0.1) is 0 Å². The Balaban J connectivity index is 3.85. The molecule has 8 nitrogen and oxygen atoms in total. The summed E-state index contributed by atoms with van der Waals surface area (Å²) in [4.78, 5) is 49.7. The van der Waals surface area contributed by atoms with Crippen LogP contribution in [0.3, 0.4) is 0 Å². The van der Waals surface area contributed by atoms with E-state index >= 15 is 0 Å². The van der Waals surface area contributed by atoms with Gasteiger partial charge in [0, 0.05) is 32.1 Å². The molecule has 0 rings (SSSR count). The average Bonchev–Trinajstić information content (AvgIpc) is 3.36. The van der Waals surface area contributed by atoms with E-state index in [1.165, 1.54) is 167 Å². The van der Waals surface area contributed by atoms with Gasteiger partial charge in [-0.3, -0.25) is 19.2 Å². The Bertz CT molecular complexity index is 1140. The van der Waals surface area contributed by atoms with Gasteiger partial charge in [-0.1, -0.05) is 246 Å². The van der Waals surface area contributed by atoms with Crippen molar-refractivity contribution < 1.29 is 38.1 Å². The number of unbranched alkanes of at least 4 members (excludes halogenated alkanes) is 36. The minimum Gasteiger partial charge on any atom is -0.466 e. The molecule has 0 saturated carbocycles. The van der Waals surface area contributed by atoms with E-state index < -0.39 is 0 Å². The summed E-state index contributed by atoms with van der Waals surface area (Å²) >= 11 is 0. The van der Waals surface area contributed by atoms with Crippen molar-refractivity contribution in [2.24, 2.45) is 0 Å². The predicted molar refractivity (Wildman–Crippen MR) is 300 cm³/mol. The lowest BCUT2D eigenvalue weighted by Gasteiger charge is -2.18. The zero-order valence-electron chi connectivity index (χ0n) is 47.9. The maximum Gasteiger partial charge on any atom is 0.306 e. The Morgan fingerprint density at radius 2 is 0.437 bits per heavy atom. The standard InChI is InChI=1S/C63H120O8/c1-5-9-13-17-19-23-29-37-45-54-62(66)70-58(48-39-15-11-7-3)50-41-33-27-25-21-22-26-28-35-43-52-60(64)68-56-47-57-69-61(65)53-44-36-32-31-34-42-51-59(49-40-16-12-8-4)71-63(67)55-46-38-30-24-20-18-14-10-6-2/h58-59H,5-57H2,1-4H3. The molecule has 0 heterocycles. The summed E-state index contributed by atoms with van der Waals surface area (Å²) in [6.07, 6.45) is 57.1. The lowest BCUT2D eigenvalue weighted by molar-refractivity contribution is -0.151. The van der Waals surface area contributed by atoms with Crippen LogP contribution in [0.1, 0.15) is 355 Å². The molecule has 0 N–H and O–H groups in total. The SMILES string of the molecule is CCCCCCCCCCCC(=O)OC(CCCCCC)CCCCCCCCCCCCC(=O)OCCCOC(=O)CCCCCCCCC(CCCCCC)OC(=O)CCCCCCCCCCC. The zero-order valence-corrected chi connectivity index (χ0v) is 47.9. The summed E-state index contributed by atoms with van der Waals surface area (Å²) in [6, 6.07) is 0. The van der Waals surface area contributed by atoms with Crippen LogP contribution in [-0.4, -0.2) is 49.3 Å². The third kappa shape index (κ3) is 54.0. The first-order chi connectivity index (χ1) is 34.9. The van der Waals surface area contributed by atoms with Gasteiger partial charge in [0.15, 0.2) is 0 Å². The van der Waals surface area contributed by atoms with Gasteiger partial charge < -0.3 is 18.9 Å². The van der Waals surface area contributed by atoms with E-state index in [1.807, 2.05) is 0 Å². The summed E-state index contributed by atoms with van der Waals surface area (Å²) in [5.74, 6) is -0.297. The quantitative estimate of drug-likeness (QED) is 0.0337. The lowest BCUT2D eigenvalue weighted by atomic mass is 10.0. The van der Waals surface area contributed by atoms with Crippen LogP contribution in [0.25, 0.3) is 0 Å². The number of rotatable bonds is 58. The first-order valence-corrected chi connectivity index (χ1v) is 31.6. The molecule has 71 heavy (non-hydrogen) atoms. The Labute approximate surface area is 440 Å². The molecule has 0 radical (unpaired) electrons. The van der Waals surface area contributed by atoms with E-state index in [2.05, 4.69) is 27.7 Å². The van der Waals surface area contributed by atoms with Gasteiger partial charge in [0.2, 0.25) is 0 Å². The minimum absolute atomic E-state index is 0.00319. The van der Waals surface area contributed by atoms with Crippen LogP contribution in [-0.2, 0) is 38.1 Å². The van der Waals surface area contributed by atoms with Gasteiger partial charge in [-0.25, -0.2) is 0 Å². The maximum absolute atomic E-state index is 12.6. The van der Waals surface area contributed by atoms with Gasteiger partial charge in [-0.15, -0.1) is 0 Å². The maximum atomic E-state index is 12.6. The van der Waals surface area contributed by atoms with Crippen molar-refractivity contribution in [3.63, 3.8) is 0 Å². The predicted octanol–water partition coefficient (Wildman–Crippen LogP) is 19.9. The first-order valence-electron chi connectivity index (χ1n) is 31.6. The molecule has 0 aliphatic rings. The van der Waals surface area contributed by atoms with Crippen molar-refractivity contribution in [2.75, 3.05) is 13.2 Å². The summed E-state index contributed by atoms with van der Waals surface area (Å²) in [7, 11) is 0. The fraction of sp³-hybridized carbons (Fsp3) is 0.937. The van der Waals surface area contributed by atoms with E-state index in [9.17, 15) is 19.2 Å². The van der Waals surface area contributed by atoms with Crippen molar-refractivity contribution >= 4 is 23.9 Å². The van der Waals surface area contributed by atoms with Crippen molar-refractivity contribution in [1.82, 2.24) is 0 Å². The van der Waals surface area contributed by atoms with Crippen molar-refractivity contribution in [2.45, 2.75) is 367 Å². The topological polar surface area (TPSA) is 105 Å². The third-order valence-electron chi connectivity index (χ3n) is 14.5. The van der Waals surface area contributed by atoms with Crippen molar-refractivity contribution in [3.05, 3.63) is 0 Å². The number of carbonyl (C=O) groups is 4. The highest BCUT2D eigenvalue weighted by Crippen LogP contribution is 2.21. The summed E-state index contributed by atoms with van der Waals surface area (Å²) in [5, 5.41) is 0. The molecular weight excluding hydrogens is 885 g/mol. The highest BCUT2D eigenvalue weighted by molar-refractivity contribution is 5.70. The van der Waals surface area contributed by atoms with Crippen molar-refractivity contribution in [3.8, 4) is 0 Å². The summed E-state index contributed by atoms with van der Waals surface area (Å²) in [6.45, 7) is 9.59. The normalized spacial score (nSPS) is 12.2. The number of ether oxygens (including phenoxy) is 4. The second-order valence-corrected chi connectivity index (χ2v) is 21.6. The highest BCUT2D eigenvalue weighted by atomic mass is 16.6. The second-order valence-electron chi connectivity index (χ2n) is 21.6. The fourth-order valence-electron chi connectivity index (χ4n) is 9.75. The van der Waals surface area contributed by atoms with Gasteiger partial charge in [0.05, 0.1) is 13.2 Å². The second kappa shape index (κ2) is 57.2. The molecule has 0 aromatic carbocycles. The number of hydrogen-bond acceptors (Lipinski definition) is 8. The van der Waals surface area contributed by atoms with Crippen molar-refractivity contribution in [1.29, 1.82) is 0 Å². The average molecular weight is 1010 g/mol. The molecule has 0 saturated heterocycles. The molecule has 0 bridgehead atoms. The molecule has 0 spiro atoms. The Kier molecular flexibility index (Phi) is 55.5. The minimum atomic E-state index is -0.165. The summed E-state index contributed by atoms with van der Waals surface area (Å²) in [5.41, 5.74) is 0. The molecule has 0 fully saturated rings. The van der Waals surface area contributed by atoms with E-state index in [0.29, 0.717) is 45.3 Å². The molecule has 420 valence electrons. The van der Waals surface area contributed by atoms with Gasteiger partial charge >= 0.3 is 23.9 Å². The molecule has 0 aliphatic carbocycles. The Hall–Kier alpha value is -2.12. The van der Waals surface area contributed by atoms with E-state index in [1.54, 1.807) is 0 Å². The number of hydrogen-bond donors (Lipinski definition) is 0. The molecule has 0 amide bonds. The lowest BCUT2D eigenvalue weighted by Crippen LogP contribution is -2.18. The van der Waals surface area contributed by atoms with Crippen LogP contribution in [0.5, 0.6) is 0 Å². The molecular formula is C63H120O8. The fourth-order valence-corrected chi connectivity index (χ4v) is 9.75. The highest BCUT2D eigenvalue weighted by Gasteiger charge is 2.16. The smallest absolute Gasteiger partial charge is 0.306 e. The molecule has 2 atom stereocenters. The van der Waals surface area contributed by atoms with E-state index in [0.717, 1.165) is 128 Å². The van der Waals surface area contributed by atoms with Crippen LogP contribution >= 0.6 is 0 Å². The summed E-state index contributed by atoms with van der Waals surface area (Å²) < 4.78 is 22.8. The monoisotopic (exact) mass is 1000 g/mol. The van der Waals surface area contributed by atoms with Gasteiger partial charge in [0.25, 0.3) is 0 Å². The Morgan fingerprint density at radius 3 is 0.690 bits per heavy atom.